The van der Waals surface area contributed by atoms with Crippen LogP contribution in [0.4, 0.5) is 4.39 Å². The Morgan fingerprint density at radius 3 is 2.79 bits per heavy atom. The number of halogens is 2. The van der Waals surface area contributed by atoms with Crippen LogP contribution in [0.15, 0.2) is 27.6 Å². The van der Waals surface area contributed by atoms with E-state index in [9.17, 15) is 4.39 Å². The van der Waals surface area contributed by atoms with Crippen LogP contribution in [0.1, 0.15) is 24.2 Å². The summed E-state index contributed by atoms with van der Waals surface area (Å²) in [5, 5.41) is 7.62. The van der Waals surface area contributed by atoms with E-state index in [0.29, 0.717) is 18.2 Å². The fourth-order valence-corrected chi connectivity index (χ4v) is 3.49. The van der Waals surface area contributed by atoms with Gasteiger partial charge >= 0.3 is 0 Å². The summed E-state index contributed by atoms with van der Waals surface area (Å²) in [5.74, 6) is 1.31. The number of furan rings is 1. The standard InChI is InChI=1S/C20H29FN4O2.HI/c1-14-17-12-15(21)4-5-18(17)27-19(14)13-23-20(22-2)24-16-6-8-25(9-7-16)10-11-26-3;/h4-5,12,16H,6-11,13H2,1-3H3,(H2,22,23,24);1H. The van der Waals surface area contributed by atoms with Crippen LogP contribution in [-0.4, -0.2) is 57.3 Å². The second-order valence-corrected chi connectivity index (χ2v) is 6.97. The lowest BCUT2D eigenvalue weighted by molar-refractivity contribution is 0.128. The van der Waals surface area contributed by atoms with Gasteiger partial charge in [-0.15, -0.1) is 24.0 Å². The van der Waals surface area contributed by atoms with Crippen molar-refractivity contribution >= 4 is 40.9 Å². The molecule has 1 aromatic heterocycles. The van der Waals surface area contributed by atoms with Crippen molar-refractivity contribution in [1.29, 1.82) is 0 Å². The Morgan fingerprint density at radius 2 is 2.11 bits per heavy atom. The molecule has 2 heterocycles. The van der Waals surface area contributed by atoms with Crippen molar-refractivity contribution in [2.24, 2.45) is 4.99 Å². The van der Waals surface area contributed by atoms with E-state index in [4.69, 9.17) is 9.15 Å². The number of hydrogen-bond acceptors (Lipinski definition) is 4. The maximum Gasteiger partial charge on any atom is 0.191 e. The van der Waals surface area contributed by atoms with Crippen molar-refractivity contribution in [2.75, 3.05) is 40.4 Å². The first-order valence-electron chi connectivity index (χ1n) is 9.46. The average molecular weight is 504 g/mol. The first-order chi connectivity index (χ1) is 13.1. The monoisotopic (exact) mass is 504 g/mol. The Morgan fingerprint density at radius 1 is 1.36 bits per heavy atom. The van der Waals surface area contributed by atoms with Gasteiger partial charge in [0.15, 0.2) is 5.96 Å². The minimum atomic E-state index is -0.250. The summed E-state index contributed by atoms with van der Waals surface area (Å²) in [6.07, 6.45) is 2.15. The molecule has 28 heavy (non-hydrogen) atoms. The molecule has 0 spiro atoms. The van der Waals surface area contributed by atoms with E-state index >= 15 is 0 Å². The van der Waals surface area contributed by atoms with Crippen LogP contribution in [0.25, 0.3) is 11.0 Å². The Hall–Kier alpha value is -1.39. The third-order valence-electron chi connectivity index (χ3n) is 5.18. The molecule has 0 aliphatic carbocycles. The van der Waals surface area contributed by atoms with Crippen LogP contribution in [0.3, 0.4) is 0 Å². The summed E-state index contributed by atoms with van der Waals surface area (Å²) >= 11 is 0. The van der Waals surface area contributed by atoms with Crippen LogP contribution >= 0.6 is 24.0 Å². The zero-order valence-electron chi connectivity index (χ0n) is 16.8. The molecule has 1 fully saturated rings. The fourth-order valence-electron chi connectivity index (χ4n) is 3.49. The largest absolute Gasteiger partial charge is 0.459 e. The summed E-state index contributed by atoms with van der Waals surface area (Å²) in [6.45, 7) is 6.35. The summed E-state index contributed by atoms with van der Waals surface area (Å²) in [4.78, 5) is 6.75. The van der Waals surface area contributed by atoms with Gasteiger partial charge in [-0.25, -0.2) is 4.39 Å². The lowest BCUT2D eigenvalue weighted by Gasteiger charge is -2.32. The highest BCUT2D eigenvalue weighted by Crippen LogP contribution is 2.25. The van der Waals surface area contributed by atoms with Crippen LogP contribution in [0.2, 0.25) is 0 Å². The van der Waals surface area contributed by atoms with Gasteiger partial charge in [-0.3, -0.25) is 4.99 Å². The molecule has 1 aliphatic rings. The third kappa shape index (κ3) is 5.81. The lowest BCUT2D eigenvalue weighted by atomic mass is 10.1. The van der Waals surface area contributed by atoms with Gasteiger partial charge in [0.25, 0.3) is 0 Å². The minimum Gasteiger partial charge on any atom is -0.459 e. The van der Waals surface area contributed by atoms with E-state index in [0.717, 1.165) is 61.8 Å². The van der Waals surface area contributed by atoms with Crippen molar-refractivity contribution in [3.8, 4) is 0 Å². The molecule has 1 aromatic carbocycles. The van der Waals surface area contributed by atoms with E-state index < -0.39 is 0 Å². The second-order valence-electron chi connectivity index (χ2n) is 6.97. The van der Waals surface area contributed by atoms with Crippen LogP contribution in [0, 0.1) is 12.7 Å². The maximum absolute atomic E-state index is 13.5. The Bertz CT molecular complexity index is 788. The van der Waals surface area contributed by atoms with Crippen LogP contribution < -0.4 is 10.6 Å². The molecule has 0 unspecified atom stereocenters. The Balaban J connectivity index is 0.00000280. The Kier molecular flexibility index (Phi) is 8.97. The number of piperidine rings is 1. The van der Waals surface area contributed by atoms with Gasteiger partial charge in [0.1, 0.15) is 17.2 Å². The molecule has 0 radical (unpaired) electrons. The number of aryl methyl sites for hydroxylation is 1. The number of guanidine groups is 1. The summed E-state index contributed by atoms with van der Waals surface area (Å²) in [7, 11) is 3.51. The number of benzene rings is 1. The minimum absolute atomic E-state index is 0. The Labute approximate surface area is 182 Å². The van der Waals surface area contributed by atoms with Crippen molar-refractivity contribution in [3.05, 3.63) is 35.3 Å². The molecule has 2 N–H and O–H groups in total. The molecule has 3 rings (SSSR count). The molecular weight excluding hydrogens is 474 g/mol. The van der Waals surface area contributed by atoms with Crippen molar-refractivity contribution in [3.63, 3.8) is 0 Å². The van der Waals surface area contributed by atoms with E-state index in [1.165, 1.54) is 12.1 Å². The number of methoxy groups -OCH3 is 1. The van der Waals surface area contributed by atoms with E-state index in [1.807, 2.05) is 6.92 Å². The smallest absolute Gasteiger partial charge is 0.191 e. The van der Waals surface area contributed by atoms with Gasteiger partial charge in [-0.05, 0) is 38.0 Å². The molecule has 0 amide bonds. The SMILES string of the molecule is CN=C(NCc1oc2ccc(F)cc2c1C)NC1CCN(CCOC)CC1.I. The number of nitrogens with one attached hydrogen (secondary N) is 2. The average Bonchev–Trinajstić information content (AvgIpc) is 2.99. The van der Waals surface area contributed by atoms with Crippen molar-refractivity contribution in [2.45, 2.75) is 32.4 Å². The molecule has 0 saturated carbocycles. The number of hydrogen-bond donors (Lipinski definition) is 2. The van der Waals surface area contributed by atoms with E-state index in [2.05, 4.69) is 20.5 Å². The highest BCUT2D eigenvalue weighted by Gasteiger charge is 2.20. The highest BCUT2D eigenvalue weighted by molar-refractivity contribution is 14.0. The molecule has 6 nitrogen and oxygen atoms in total. The van der Waals surface area contributed by atoms with E-state index in [-0.39, 0.29) is 29.8 Å². The number of ether oxygens (including phenoxy) is 1. The van der Waals surface area contributed by atoms with Crippen molar-refractivity contribution < 1.29 is 13.5 Å². The predicted octanol–water partition coefficient (Wildman–Crippen LogP) is 3.27. The number of fused-ring (bicyclic) bond motifs is 1. The van der Waals surface area contributed by atoms with Gasteiger partial charge in [-0.2, -0.15) is 0 Å². The van der Waals surface area contributed by atoms with Crippen LogP contribution in [-0.2, 0) is 11.3 Å². The van der Waals surface area contributed by atoms with Gasteiger partial charge in [0, 0.05) is 50.8 Å². The van der Waals surface area contributed by atoms with Gasteiger partial charge in [-0.1, -0.05) is 0 Å². The molecule has 8 heteroatoms. The van der Waals surface area contributed by atoms with Crippen LogP contribution in [0.5, 0.6) is 0 Å². The number of nitrogens with zero attached hydrogens (tertiary/aromatic N) is 2. The quantitative estimate of drug-likeness (QED) is 0.360. The predicted molar refractivity (Wildman–Crippen MR) is 121 cm³/mol. The zero-order chi connectivity index (χ0) is 19.2. The molecule has 1 saturated heterocycles. The normalized spacial score (nSPS) is 16.2. The fraction of sp³-hybridized carbons (Fsp3) is 0.550. The number of aliphatic imine (C=N–C) groups is 1. The number of rotatable bonds is 6. The maximum atomic E-state index is 13.5. The first kappa shape index (κ1) is 22.9. The molecule has 0 bridgehead atoms. The molecule has 2 aromatic rings. The molecular formula is C20H30FIN4O2. The number of likely N-dealkylation sites (tertiary alicyclic amines) is 1. The zero-order valence-corrected chi connectivity index (χ0v) is 19.1. The first-order valence-corrected chi connectivity index (χ1v) is 9.46. The second kappa shape index (κ2) is 11.0. The summed E-state index contributed by atoms with van der Waals surface area (Å²) < 4.78 is 24.5. The van der Waals surface area contributed by atoms with Gasteiger partial charge in [0.05, 0.1) is 13.2 Å². The van der Waals surface area contributed by atoms with Gasteiger partial charge in [0.2, 0.25) is 0 Å². The molecule has 0 atom stereocenters. The highest BCUT2D eigenvalue weighted by atomic mass is 127. The summed E-state index contributed by atoms with van der Waals surface area (Å²) in [5.41, 5.74) is 1.66. The van der Waals surface area contributed by atoms with Crippen molar-refractivity contribution in [1.82, 2.24) is 15.5 Å². The lowest BCUT2D eigenvalue weighted by Crippen LogP contribution is -2.48. The molecule has 156 valence electrons. The van der Waals surface area contributed by atoms with Gasteiger partial charge < -0.3 is 24.7 Å². The van der Waals surface area contributed by atoms with E-state index in [1.54, 1.807) is 20.2 Å². The summed E-state index contributed by atoms with van der Waals surface area (Å²) in [6, 6.07) is 5.01. The third-order valence-corrected chi connectivity index (χ3v) is 5.18. The molecule has 1 aliphatic heterocycles. The topological polar surface area (TPSA) is 62.0 Å².